The van der Waals surface area contributed by atoms with Gasteiger partial charge in [-0.2, -0.15) is 4.79 Å². The van der Waals surface area contributed by atoms with E-state index in [0.717, 1.165) is 10.6 Å². The molecule has 2 N–H and O–H groups in total. The number of para-hydroxylation sites is 1. The zero-order valence-electron chi connectivity index (χ0n) is 8.29. The van der Waals surface area contributed by atoms with Crippen LogP contribution in [-0.2, 0) is 0 Å². The average Bonchev–Trinajstić information content (AvgIpc) is 2.27. The highest BCUT2D eigenvalue weighted by Crippen LogP contribution is 1.82. The maximum atomic E-state index is 10.1. The smallest absolute Gasteiger partial charge is 0.398 e. The fourth-order valence-corrected chi connectivity index (χ4v) is 1.21. The molecule has 1 aliphatic heterocycles. The summed E-state index contributed by atoms with van der Waals surface area (Å²) in [6.45, 7) is 0.466. The van der Waals surface area contributed by atoms with Gasteiger partial charge in [0, 0.05) is 11.3 Å². The number of benzene rings is 1. The van der Waals surface area contributed by atoms with Crippen molar-refractivity contribution in [2.45, 2.75) is 0 Å². The van der Waals surface area contributed by atoms with Gasteiger partial charge in [0.25, 0.3) is 0 Å². The first-order valence-electron chi connectivity index (χ1n) is 4.46. The summed E-state index contributed by atoms with van der Waals surface area (Å²) in [4.78, 5) is 7.34. The van der Waals surface area contributed by atoms with E-state index in [9.17, 15) is 4.32 Å². The van der Waals surface area contributed by atoms with Crippen molar-refractivity contribution >= 4 is 19.2 Å². The molecule has 1 aromatic carbocycles. The third-order valence-corrected chi connectivity index (χ3v) is 1.80. The largest absolute Gasteiger partial charge is 0.674 e. The van der Waals surface area contributed by atoms with Crippen molar-refractivity contribution in [2.75, 3.05) is 6.54 Å². The molecule has 0 saturated carbocycles. The van der Waals surface area contributed by atoms with Gasteiger partial charge in [0.2, 0.25) is 0 Å². The minimum Gasteiger partial charge on any atom is -0.398 e. The van der Waals surface area contributed by atoms with E-state index in [1.807, 2.05) is 30.3 Å². The predicted molar refractivity (Wildman–Crippen MR) is 56.5 cm³/mol. The van der Waals surface area contributed by atoms with Crippen molar-refractivity contribution in [2.24, 2.45) is 4.99 Å². The highest BCUT2D eigenvalue weighted by Gasteiger charge is 2.05. The minimum atomic E-state index is -2.67. The second-order valence-electron chi connectivity index (χ2n) is 2.92. The van der Waals surface area contributed by atoms with Crippen LogP contribution in [0.4, 0.5) is 4.32 Å². The van der Waals surface area contributed by atoms with Gasteiger partial charge < -0.3 is 15.6 Å². The molecule has 7 heteroatoms. The summed E-state index contributed by atoms with van der Waals surface area (Å²) in [5, 5.41) is 15.9. The van der Waals surface area contributed by atoms with E-state index >= 15 is 0 Å². The maximum absolute atomic E-state index is 10.1. The minimum absolute atomic E-state index is 0.466. The number of halogens is 1. The van der Waals surface area contributed by atoms with Gasteiger partial charge >= 0.3 is 13.1 Å². The molecule has 5 nitrogen and oxygen atoms in total. The Morgan fingerprint density at radius 1 is 1.38 bits per heavy atom. The number of rotatable bonds is 0. The summed E-state index contributed by atoms with van der Waals surface area (Å²) in [6.07, 6.45) is 1.84. The molecule has 0 atom stereocenters. The van der Waals surface area contributed by atoms with Crippen molar-refractivity contribution in [3.05, 3.63) is 40.4 Å². The second kappa shape index (κ2) is 5.92. The molecule has 2 rings (SSSR count). The Morgan fingerprint density at radius 3 is 2.62 bits per heavy atom. The van der Waals surface area contributed by atoms with Gasteiger partial charge in [-0.05, 0) is 6.07 Å². The summed E-state index contributed by atoms with van der Waals surface area (Å²) in [5.41, 5.74) is 9.12. The summed E-state index contributed by atoms with van der Waals surface area (Å²) in [6, 6.07) is 7.77. The molecule has 0 aromatic heterocycles. The molecule has 0 bridgehead atoms. The molecule has 0 spiro atoms. The molecule has 16 heavy (non-hydrogen) atoms. The summed E-state index contributed by atoms with van der Waals surface area (Å²) in [5.74, 6) is 0. The van der Waals surface area contributed by atoms with Crippen LogP contribution in [0.15, 0.2) is 29.3 Å². The van der Waals surface area contributed by atoms with Crippen LogP contribution < -0.4 is 10.6 Å². The summed E-state index contributed by atoms with van der Waals surface area (Å²) in [7, 11) is -2.67. The Hall–Kier alpha value is -1.82. The first kappa shape index (κ1) is 12.3. The molecule has 1 aromatic rings. The molecule has 0 radical (unpaired) electrons. The Labute approximate surface area is 91.0 Å². The van der Waals surface area contributed by atoms with Gasteiger partial charge in [-0.1, -0.05) is 18.2 Å². The molecular formula is C9H9BFN3O2. The zero-order chi connectivity index (χ0) is 12.0. The average molecular weight is 221 g/mol. The van der Waals surface area contributed by atoms with Crippen molar-refractivity contribution in [3.8, 4) is 0 Å². The van der Waals surface area contributed by atoms with Crippen molar-refractivity contribution in [1.82, 2.24) is 0 Å². The van der Waals surface area contributed by atoms with E-state index in [1.165, 1.54) is 0 Å². The number of hydrogen-bond acceptors (Lipinski definition) is 3. The highest BCUT2D eigenvalue weighted by molar-refractivity contribution is 6.31. The first-order valence-corrected chi connectivity index (χ1v) is 4.46. The predicted octanol–water partition coefficient (Wildman–Crippen LogP) is -1.30. The summed E-state index contributed by atoms with van der Waals surface area (Å²) < 4.78 is 10.1. The second-order valence-corrected chi connectivity index (χ2v) is 2.92. The van der Waals surface area contributed by atoms with Crippen LogP contribution in [0.5, 0.6) is 0 Å². The van der Waals surface area contributed by atoms with Crippen molar-refractivity contribution in [1.29, 1.82) is 0 Å². The summed E-state index contributed by atoms with van der Waals surface area (Å²) >= 11 is 0. The zero-order valence-corrected chi connectivity index (χ0v) is 8.29. The number of hydrogen-bond donors (Lipinski definition) is 2. The van der Waals surface area contributed by atoms with Crippen molar-refractivity contribution < 1.29 is 19.2 Å². The lowest BCUT2D eigenvalue weighted by Crippen LogP contribution is -2.31. The SMILES string of the molecule is OB(O)F.[N-]=[N+]=C1C=c2ccccc2=NC1. The van der Waals surface area contributed by atoms with E-state index in [0.29, 0.717) is 12.3 Å². The van der Waals surface area contributed by atoms with Crippen LogP contribution in [0.3, 0.4) is 0 Å². The molecule has 0 saturated heterocycles. The van der Waals surface area contributed by atoms with Crippen LogP contribution in [-0.4, -0.2) is 34.5 Å². The Morgan fingerprint density at radius 2 is 2.00 bits per heavy atom. The van der Waals surface area contributed by atoms with E-state index in [2.05, 4.69) is 9.78 Å². The molecule has 0 amide bonds. The molecule has 0 unspecified atom stereocenters. The molecule has 82 valence electrons. The highest BCUT2D eigenvalue weighted by atomic mass is 19.1. The van der Waals surface area contributed by atoms with E-state index in [1.54, 1.807) is 0 Å². The van der Waals surface area contributed by atoms with Crippen LogP contribution in [0.25, 0.3) is 11.6 Å². The van der Waals surface area contributed by atoms with Gasteiger partial charge in [0.1, 0.15) is 6.54 Å². The Kier molecular flexibility index (Phi) is 4.53. The monoisotopic (exact) mass is 221 g/mol. The standard InChI is InChI=1S/C9H7N3.BFH2O2/c10-12-8-5-7-3-1-2-4-9(7)11-6-8;2-1(3)4/h1-5H,6H2;3-4H. The normalized spacial score (nSPS) is 12.1. The lowest BCUT2D eigenvalue weighted by Gasteiger charge is -1.94. The molecule has 1 heterocycles. The van der Waals surface area contributed by atoms with Crippen molar-refractivity contribution in [3.63, 3.8) is 0 Å². The topological polar surface area (TPSA) is 89.2 Å². The van der Waals surface area contributed by atoms with Gasteiger partial charge in [0.15, 0.2) is 0 Å². The van der Waals surface area contributed by atoms with Crippen LogP contribution in [0.2, 0.25) is 0 Å². The third kappa shape index (κ3) is 3.74. The van der Waals surface area contributed by atoms with Crippen LogP contribution >= 0.6 is 0 Å². The van der Waals surface area contributed by atoms with E-state index in [4.69, 9.17) is 15.6 Å². The van der Waals surface area contributed by atoms with Gasteiger partial charge in [0.05, 0.1) is 5.36 Å². The lowest BCUT2D eigenvalue weighted by molar-refractivity contribution is -0.00356. The maximum Gasteiger partial charge on any atom is 0.674 e. The van der Waals surface area contributed by atoms with E-state index < -0.39 is 7.40 Å². The van der Waals surface area contributed by atoms with E-state index in [-0.39, 0.29) is 0 Å². The Bertz CT molecular complexity index is 523. The Balaban J connectivity index is 0.000000280. The number of fused-ring (bicyclic) bond motifs is 1. The van der Waals surface area contributed by atoms with Crippen LogP contribution in [0, 0.1) is 0 Å². The quantitative estimate of drug-likeness (QED) is 0.323. The lowest BCUT2D eigenvalue weighted by atomic mass is 10.2. The van der Waals surface area contributed by atoms with Gasteiger partial charge in [-0.15, -0.1) is 0 Å². The molecule has 0 aliphatic carbocycles. The fourth-order valence-electron chi connectivity index (χ4n) is 1.21. The number of nitrogens with zero attached hydrogens (tertiary/aromatic N) is 3. The van der Waals surface area contributed by atoms with Gasteiger partial charge in [-0.3, -0.25) is 9.31 Å². The first-order chi connectivity index (χ1) is 7.63. The van der Waals surface area contributed by atoms with Gasteiger partial charge in [-0.25, -0.2) is 0 Å². The fraction of sp³-hybridized carbons (Fsp3) is 0.111. The molecule has 1 aliphatic rings. The molecular weight excluding hydrogens is 212 g/mol. The van der Waals surface area contributed by atoms with Crippen LogP contribution in [0.1, 0.15) is 0 Å². The third-order valence-electron chi connectivity index (χ3n) is 1.80. The molecule has 0 fully saturated rings.